The molecule has 0 bridgehead atoms. The third kappa shape index (κ3) is 4.53. The predicted molar refractivity (Wildman–Crippen MR) is 114 cm³/mol. The zero-order valence-corrected chi connectivity index (χ0v) is 17.8. The van der Waals surface area contributed by atoms with Crippen LogP contribution in [0.5, 0.6) is 5.75 Å². The quantitative estimate of drug-likeness (QED) is 0.644. The summed E-state index contributed by atoms with van der Waals surface area (Å²) >= 11 is 6.13. The number of benzene rings is 3. The minimum atomic E-state index is -3.66. The van der Waals surface area contributed by atoms with Crippen LogP contribution in [-0.4, -0.2) is 39.8 Å². The molecule has 0 heterocycles. The zero-order chi connectivity index (χ0) is 21.2. The normalized spacial score (nSPS) is 11.6. The van der Waals surface area contributed by atoms with Crippen LogP contribution in [0.15, 0.2) is 59.5 Å². The summed E-state index contributed by atoms with van der Waals surface area (Å²) in [6.45, 7) is 0.280. The molecule has 0 spiro atoms. The molecule has 0 aromatic heterocycles. The lowest BCUT2D eigenvalue weighted by molar-refractivity contribution is 0.0951. The van der Waals surface area contributed by atoms with E-state index < -0.39 is 15.9 Å². The standard InChI is InChI=1S/C21H21ClN2O4S/c1-24(2)29(26,27)18-8-9-20(22)19(12-18)21(25)23-13-14-4-5-16-11-17(28-3)7-6-15(16)10-14/h4-12H,13H2,1-3H3,(H,23,25). The Bertz CT molecular complexity index is 1180. The fraction of sp³-hybridized carbons (Fsp3) is 0.190. The lowest BCUT2D eigenvalue weighted by Gasteiger charge is -2.13. The van der Waals surface area contributed by atoms with Crippen molar-refractivity contribution in [3.05, 3.63) is 70.7 Å². The van der Waals surface area contributed by atoms with E-state index >= 15 is 0 Å². The molecule has 8 heteroatoms. The topological polar surface area (TPSA) is 75.7 Å². The molecule has 29 heavy (non-hydrogen) atoms. The first-order chi connectivity index (χ1) is 13.7. The second-order valence-corrected chi connectivity index (χ2v) is 9.22. The molecule has 1 N–H and O–H groups in total. The van der Waals surface area contributed by atoms with Gasteiger partial charge in [-0.25, -0.2) is 12.7 Å². The van der Waals surface area contributed by atoms with Crippen molar-refractivity contribution in [2.75, 3.05) is 21.2 Å². The van der Waals surface area contributed by atoms with Crippen molar-refractivity contribution in [3.63, 3.8) is 0 Å². The fourth-order valence-corrected chi connectivity index (χ4v) is 3.97. The molecule has 1 amide bonds. The van der Waals surface area contributed by atoms with Crippen LogP contribution in [0.25, 0.3) is 10.8 Å². The first-order valence-electron chi connectivity index (χ1n) is 8.79. The van der Waals surface area contributed by atoms with Gasteiger partial charge in [-0.1, -0.05) is 29.8 Å². The average Bonchev–Trinajstić information content (AvgIpc) is 2.71. The number of nitrogens with zero attached hydrogens (tertiary/aromatic N) is 1. The summed E-state index contributed by atoms with van der Waals surface area (Å²) in [5, 5.41) is 5.04. The van der Waals surface area contributed by atoms with Crippen LogP contribution in [0.2, 0.25) is 5.02 Å². The molecular weight excluding hydrogens is 412 g/mol. The van der Waals surface area contributed by atoms with Gasteiger partial charge in [-0.05, 0) is 52.7 Å². The summed E-state index contributed by atoms with van der Waals surface area (Å²) in [6, 6.07) is 15.7. The molecule has 0 fully saturated rings. The second kappa shape index (κ2) is 8.41. The average molecular weight is 433 g/mol. The number of amides is 1. The highest BCUT2D eigenvalue weighted by molar-refractivity contribution is 7.89. The molecule has 0 unspecified atom stereocenters. The molecule has 0 aliphatic rings. The number of fused-ring (bicyclic) bond motifs is 1. The van der Waals surface area contributed by atoms with E-state index in [0.29, 0.717) is 0 Å². The van der Waals surface area contributed by atoms with E-state index in [0.717, 1.165) is 26.4 Å². The van der Waals surface area contributed by atoms with Crippen molar-refractivity contribution in [3.8, 4) is 5.75 Å². The van der Waals surface area contributed by atoms with Gasteiger partial charge < -0.3 is 10.1 Å². The number of sulfonamides is 1. The number of methoxy groups -OCH3 is 1. The first-order valence-corrected chi connectivity index (χ1v) is 10.6. The highest BCUT2D eigenvalue weighted by Gasteiger charge is 2.20. The zero-order valence-electron chi connectivity index (χ0n) is 16.3. The first kappa shape index (κ1) is 21.1. The van der Waals surface area contributed by atoms with Gasteiger partial charge in [0.15, 0.2) is 0 Å². The molecule has 152 valence electrons. The van der Waals surface area contributed by atoms with Gasteiger partial charge in [0.05, 0.1) is 22.6 Å². The summed E-state index contributed by atoms with van der Waals surface area (Å²) in [5.41, 5.74) is 1.02. The van der Waals surface area contributed by atoms with Crippen molar-refractivity contribution in [1.29, 1.82) is 0 Å². The Balaban J connectivity index is 1.79. The van der Waals surface area contributed by atoms with E-state index in [1.165, 1.54) is 32.3 Å². The summed E-state index contributed by atoms with van der Waals surface area (Å²) in [4.78, 5) is 12.6. The van der Waals surface area contributed by atoms with Crippen molar-refractivity contribution in [1.82, 2.24) is 9.62 Å². The highest BCUT2D eigenvalue weighted by Crippen LogP contribution is 2.23. The molecule has 0 saturated heterocycles. The smallest absolute Gasteiger partial charge is 0.253 e. The van der Waals surface area contributed by atoms with Crippen molar-refractivity contribution in [2.24, 2.45) is 0 Å². The van der Waals surface area contributed by atoms with Gasteiger partial charge in [0.2, 0.25) is 10.0 Å². The van der Waals surface area contributed by atoms with Crippen LogP contribution in [0.4, 0.5) is 0 Å². The number of nitrogens with one attached hydrogen (secondary N) is 1. The van der Waals surface area contributed by atoms with Gasteiger partial charge in [-0.15, -0.1) is 0 Å². The van der Waals surface area contributed by atoms with Crippen molar-refractivity contribution >= 4 is 38.3 Å². The lowest BCUT2D eigenvalue weighted by atomic mass is 10.1. The maximum atomic E-state index is 12.6. The van der Waals surface area contributed by atoms with Crippen LogP contribution in [0.3, 0.4) is 0 Å². The summed E-state index contributed by atoms with van der Waals surface area (Å²) in [7, 11) is 0.817. The Morgan fingerprint density at radius 1 is 1.03 bits per heavy atom. The van der Waals surface area contributed by atoms with Gasteiger partial charge in [0.25, 0.3) is 5.91 Å². The molecular formula is C21H21ClN2O4S. The molecule has 3 aromatic rings. The molecule has 3 aromatic carbocycles. The number of carbonyl (C=O) groups excluding carboxylic acids is 1. The summed E-state index contributed by atoms with van der Waals surface area (Å²) < 4.78 is 30.9. The number of hydrogen-bond acceptors (Lipinski definition) is 4. The van der Waals surface area contributed by atoms with E-state index in [1.54, 1.807) is 7.11 Å². The molecule has 0 saturated carbocycles. The SMILES string of the molecule is COc1ccc2cc(CNC(=O)c3cc(S(=O)(=O)N(C)C)ccc3Cl)ccc2c1. The van der Waals surface area contributed by atoms with Gasteiger partial charge in [-0.2, -0.15) is 0 Å². The molecule has 3 rings (SSSR count). The predicted octanol–water partition coefficient (Wildman–Crippen LogP) is 3.68. The number of ether oxygens (including phenoxy) is 1. The van der Waals surface area contributed by atoms with Crippen LogP contribution in [0.1, 0.15) is 15.9 Å². The minimum Gasteiger partial charge on any atom is -0.497 e. The van der Waals surface area contributed by atoms with Gasteiger partial charge >= 0.3 is 0 Å². The van der Waals surface area contributed by atoms with Crippen molar-refractivity contribution < 1.29 is 17.9 Å². The number of halogens is 1. The Morgan fingerprint density at radius 3 is 2.41 bits per heavy atom. The number of carbonyl (C=O) groups is 1. The third-order valence-electron chi connectivity index (χ3n) is 4.53. The highest BCUT2D eigenvalue weighted by atomic mass is 35.5. The number of rotatable bonds is 6. The summed E-state index contributed by atoms with van der Waals surface area (Å²) in [5.74, 6) is 0.335. The third-order valence-corrected chi connectivity index (χ3v) is 6.67. The Kier molecular flexibility index (Phi) is 6.12. The maximum Gasteiger partial charge on any atom is 0.253 e. The van der Waals surface area contributed by atoms with Crippen LogP contribution >= 0.6 is 11.6 Å². The lowest BCUT2D eigenvalue weighted by Crippen LogP contribution is -2.25. The van der Waals surface area contributed by atoms with Crippen LogP contribution < -0.4 is 10.1 Å². The van der Waals surface area contributed by atoms with Crippen molar-refractivity contribution in [2.45, 2.75) is 11.4 Å². The molecule has 6 nitrogen and oxygen atoms in total. The largest absolute Gasteiger partial charge is 0.497 e. The van der Waals surface area contributed by atoms with Gasteiger partial charge in [0, 0.05) is 20.6 Å². The van der Waals surface area contributed by atoms with E-state index in [4.69, 9.17) is 16.3 Å². The number of hydrogen-bond donors (Lipinski definition) is 1. The Morgan fingerprint density at radius 2 is 1.72 bits per heavy atom. The fourth-order valence-electron chi connectivity index (χ4n) is 2.84. The summed E-state index contributed by atoms with van der Waals surface area (Å²) in [6.07, 6.45) is 0. The molecule has 0 radical (unpaired) electrons. The Hall–Kier alpha value is -2.61. The monoisotopic (exact) mass is 432 g/mol. The van der Waals surface area contributed by atoms with Gasteiger partial charge in [0.1, 0.15) is 5.75 Å². The minimum absolute atomic E-state index is 0.0108. The van der Waals surface area contributed by atoms with E-state index in [2.05, 4.69) is 5.32 Å². The molecule has 0 atom stereocenters. The van der Waals surface area contributed by atoms with Crippen LogP contribution in [-0.2, 0) is 16.6 Å². The molecule has 0 aliphatic carbocycles. The van der Waals surface area contributed by atoms with E-state index in [9.17, 15) is 13.2 Å². The van der Waals surface area contributed by atoms with Crippen LogP contribution in [0, 0.1) is 0 Å². The van der Waals surface area contributed by atoms with E-state index in [1.807, 2.05) is 36.4 Å². The van der Waals surface area contributed by atoms with Gasteiger partial charge in [-0.3, -0.25) is 4.79 Å². The Labute approximate surface area is 175 Å². The second-order valence-electron chi connectivity index (χ2n) is 6.66. The molecule has 0 aliphatic heterocycles. The maximum absolute atomic E-state index is 12.6. The van der Waals surface area contributed by atoms with E-state index in [-0.39, 0.29) is 22.0 Å².